The first-order chi connectivity index (χ1) is 11.5. The van der Waals surface area contributed by atoms with Crippen LogP contribution < -0.4 is 5.32 Å². The van der Waals surface area contributed by atoms with E-state index in [0.29, 0.717) is 0 Å². The fraction of sp³-hybridized carbons (Fsp3) is 0.273. The third-order valence-corrected chi connectivity index (χ3v) is 5.69. The highest BCUT2D eigenvalue weighted by Crippen LogP contribution is 2.34. The lowest BCUT2D eigenvalue weighted by Crippen LogP contribution is -2.10. The first-order valence-electron chi connectivity index (χ1n) is 8.48. The molecule has 2 heteroatoms. The Kier molecular flexibility index (Phi) is 5.14. The zero-order valence-electron chi connectivity index (χ0n) is 14.7. The van der Waals surface area contributed by atoms with Crippen molar-refractivity contribution in [3.05, 3.63) is 74.5 Å². The molecule has 2 aromatic carbocycles. The molecule has 1 N–H and O–H groups in total. The highest BCUT2D eigenvalue weighted by molar-refractivity contribution is 14.1. The first-order valence-corrected chi connectivity index (χ1v) is 9.55. The van der Waals surface area contributed by atoms with Gasteiger partial charge in [-0.1, -0.05) is 30.8 Å². The van der Waals surface area contributed by atoms with Crippen LogP contribution in [0.4, 0.5) is 5.69 Å². The summed E-state index contributed by atoms with van der Waals surface area (Å²) in [7, 11) is 0. The van der Waals surface area contributed by atoms with Gasteiger partial charge in [-0.25, -0.2) is 0 Å². The predicted octanol–water partition coefficient (Wildman–Crippen LogP) is 7.00. The second kappa shape index (κ2) is 7.14. The van der Waals surface area contributed by atoms with Gasteiger partial charge in [-0.05, 0) is 108 Å². The second-order valence-electron chi connectivity index (χ2n) is 6.73. The Balaban J connectivity index is 1.89. The molecule has 3 rings (SSSR count). The van der Waals surface area contributed by atoms with E-state index in [4.69, 9.17) is 0 Å². The van der Waals surface area contributed by atoms with E-state index < -0.39 is 0 Å². The lowest BCUT2D eigenvalue weighted by atomic mass is 9.88. The largest absolute Gasteiger partial charge is 0.355 e. The maximum absolute atomic E-state index is 4.14. The Hall–Kier alpha value is -1.55. The monoisotopic (exact) mass is 429 g/mol. The second-order valence-corrected chi connectivity index (χ2v) is 7.89. The topological polar surface area (TPSA) is 12.0 Å². The Bertz CT molecular complexity index is 824. The van der Waals surface area contributed by atoms with Crippen LogP contribution in [0, 0.1) is 17.4 Å². The molecule has 0 amide bonds. The number of hydrogen-bond donors (Lipinski definition) is 1. The molecule has 124 valence electrons. The lowest BCUT2D eigenvalue weighted by molar-refractivity contribution is 0.653. The van der Waals surface area contributed by atoms with E-state index in [2.05, 4.69) is 91.7 Å². The molecule has 0 saturated heterocycles. The van der Waals surface area contributed by atoms with Crippen LogP contribution in [0.1, 0.15) is 37.3 Å². The number of halogens is 1. The Morgan fingerprint density at radius 2 is 1.79 bits per heavy atom. The smallest absolute Gasteiger partial charge is 0.0399 e. The minimum atomic E-state index is 1.12. The van der Waals surface area contributed by atoms with Crippen LogP contribution in [0.25, 0.3) is 11.1 Å². The van der Waals surface area contributed by atoms with E-state index in [1.54, 1.807) is 0 Å². The highest BCUT2D eigenvalue weighted by Gasteiger charge is 2.15. The number of aryl methyl sites for hydroxylation is 2. The van der Waals surface area contributed by atoms with Crippen molar-refractivity contribution in [3.8, 4) is 11.1 Å². The molecule has 0 unspecified atom stereocenters. The lowest BCUT2D eigenvalue weighted by Gasteiger charge is -2.24. The summed E-state index contributed by atoms with van der Waals surface area (Å²) in [5, 5.41) is 3.60. The van der Waals surface area contributed by atoms with Crippen molar-refractivity contribution in [2.45, 2.75) is 40.0 Å². The van der Waals surface area contributed by atoms with Crippen molar-refractivity contribution in [3.63, 3.8) is 0 Å². The molecule has 0 bridgehead atoms. The van der Waals surface area contributed by atoms with Crippen LogP contribution in [0.5, 0.6) is 0 Å². The normalized spacial score (nSPS) is 13.4. The average Bonchev–Trinajstić information content (AvgIpc) is 2.48. The van der Waals surface area contributed by atoms with Crippen molar-refractivity contribution >= 4 is 28.3 Å². The molecule has 2 aromatic rings. The maximum Gasteiger partial charge on any atom is 0.0399 e. The summed E-state index contributed by atoms with van der Waals surface area (Å²) < 4.78 is 1.26. The average molecular weight is 429 g/mol. The number of allylic oxidation sites excluding steroid dienone is 2. The molecule has 24 heavy (non-hydrogen) atoms. The standard InChI is InChI=1S/C22H24IN/c1-14(2)22(17-6-5-7-17)24-19-10-11-20(21(23)13-19)18-9-8-15(3)16(4)12-18/h8-13,24H,1,5-7H2,2-4H3. The Morgan fingerprint density at radius 3 is 2.33 bits per heavy atom. The van der Waals surface area contributed by atoms with E-state index in [0.717, 1.165) is 11.3 Å². The molecule has 0 radical (unpaired) electrons. The summed E-state index contributed by atoms with van der Waals surface area (Å²) in [4.78, 5) is 0. The maximum atomic E-state index is 4.14. The molecule has 0 aromatic heterocycles. The van der Waals surface area contributed by atoms with Gasteiger partial charge in [0.1, 0.15) is 0 Å². The van der Waals surface area contributed by atoms with Gasteiger partial charge in [-0.3, -0.25) is 0 Å². The molecule has 0 atom stereocenters. The van der Waals surface area contributed by atoms with Crippen LogP contribution in [0.15, 0.2) is 59.8 Å². The molecule has 1 nitrogen and oxygen atoms in total. The van der Waals surface area contributed by atoms with Crippen LogP contribution in [0.3, 0.4) is 0 Å². The number of benzene rings is 2. The summed E-state index contributed by atoms with van der Waals surface area (Å²) >= 11 is 2.44. The molecule has 0 aliphatic heterocycles. The van der Waals surface area contributed by atoms with Gasteiger partial charge in [0.15, 0.2) is 0 Å². The minimum absolute atomic E-state index is 1.12. The van der Waals surface area contributed by atoms with Crippen LogP contribution >= 0.6 is 22.6 Å². The fourth-order valence-corrected chi connectivity index (χ4v) is 3.81. The van der Waals surface area contributed by atoms with E-state index >= 15 is 0 Å². The van der Waals surface area contributed by atoms with Gasteiger partial charge in [0.05, 0.1) is 0 Å². The number of anilines is 1. The van der Waals surface area contributed by atoms with Crippen molar-refractivity contribution in [2.24, 2.45) is 0 Å². The molecule has 1 aliphatic carbocycles. The highest BCUT2D eigenvalue weighted by atomic mass is 127. The van der Waals surface area contributed by atoms with Gasteiger partial charge in [0, 0.05) is 15.0 Å². The van der Waals surface area contributed by atoms with E-state index in [-0.39, 0.29) is 0 Å². The summed E-state index contributed by atoms with van der Waals surface area (Å²) in [5.41, 5.74) is 10.3. The van der Waals surface area contributed by atoms with Gasteiger partial charge in [-0.15, -0.1) is 0 Å². The molecule has 1 saturated carbocycles. The van der Waals surface area contributed by atoms with Crippen LogP contribution in [-0.4, -0.2) is 0 Å². The van der Waals surface area contributed by atoms with Gasteiger partial charge in [0.25, 0.3) is 0 Å². The number of hydrogen-bond acceptors (Lipinski definition) is 1. The quantitative estimate of drug-likeness (QED) is 0.516. The number of rotatable bonds is 4. The van der Waals surface area contributed by atoms with Crippen molar-refractivity contribution in [2.75, 3.05) is 5.32 Å². The van der Waals surface area contributed by atoms with Gasteiger partial charge >= 0.3 is 0 Å². The summed E-state index contributed by atoms with van der Waals surface area (Å²) in [6.07, 6.45) is 3.71. The Labute approximate surface area is 159 Å². The van der Waals surface area contributed by atoms with Crippen molar-refractivity contribution in [1.29, 1.82) is 0 Å². The molecule has 1 aliphatic rings. The van der Waals surface area contributed by atoms with E-state index in [1.807, 2.05) is 0 Å². The molecule has 1 fully saturated rings. The molecule has 0 heterocycles. The zero-order valence-corrected chi connectivity index (χ0v) is 16.8. The summed E-state index contributed by atoms with van der Waals surface area (Å²) in [5.74, 6) is 0. The van der Waals surface area contributed by atoms with Crippen LogP contribution in [-0.2, 0) is 0 Å². The van der Waals surface area contributed by atoms with Crippen molar-refractivity contribution < 1.29 is 0 Å². The molecule has 0 spiro atoms. The zero-order chi connectivity index (χ0) is 17.3. The van der Waals surface area contributed by atoms with Crippen LogP contribution in [0.2, 0.25) is 0 Å². The van der Waals surface area contributed by atoms with E-state index in [9.17, 15) is 0 Å². The Morgan fingerprint density at radius 1 is 1.04 bits per heavy atom. The van der Waals surface area contributed by atoms with Gasteiger partial charge < -0.3 is 5.32 Å². The summed E-state index contributed by atoms with van der Waals surface area (Å²) in [6, 6.07) is 13.3. The SMILES string of the molecule is C=C(C)C(Nc1ccc(-c2ccc(C)c(C)c2)c(I)c1)=C1CCC1. The van der Waals surface area contributed by atoms with Gasteiger partial charge in [0.2, 0.25) is 0 Å². The molecular formula is C22H24IN. The minimum Gasteiger partial charge on any atom is -0.355 e. The third kappa shape index (κ3) is 3.59. The first kappa shape index (κ1) is 17.3. The molecular weight excluding hydrogens is 405 g/mol. The fourth-order valence-electron chi connectivity index (χ4n) is 2.98. The van der Waals surface area contributed by atoms with Crippen molar-refractivity contribution in [1.82, 2.24) is 0 Å². The number of nitrogens with one attached hydrogen (secondary N) is 1. The van der Waals surface area contributed by atoms with Gasteiger partial charge in [-0.2, -0.15) is 0 Å². The third-order valence-electron chi connectivity index (χ3n) is 4.79. The summed E-state index contributed by atoms with van der Waals surface area (Å²) in [6.45, 7) is 10.6. The predicted molar refractivity (Wildman–Crippen MR) is 113 cm³/mol. The van der Waals surface area contributed by atoms with E-state index in [1.165, 1.54) is 56.4 Å².